The van der Waals surface area contributed by atoms with Gasteiger partial charge in [0.2, 0.25) is 0 Å². The Balaban J connectivity index is 2.33. The minimum atomic E-state index is -0.164. The van der Waals surface area contributed by atoms with Gasteiger partial charge in [-0.2, -0.15) is 0 Å². The van der Waals surface area contributed by atoms with Crippen molar-refractivity contribution >= 4 is 11.6 Å². The van der Waals surface area contributed by atoms with Crippen LogP contribution in [0.3, 0.4) is 0 Å². The quantitative estimate of drug-likeness (QED) is 0.934. The van der Waals surface area contributed by atoms with Gasteiger partial charge in [0.25, 0.3) is 5.91 Å². The molecule has 0 fully saturated rings. The Bertz CT molecular complexity index is 665. The number of benzene rings is 2. The Morgan fingerprint density at radius 2 is 1.81 bits per heavy atom. The first kappa shape index (κ1) is 14.9. The molecule has 2 aromatic carbocycles. The number of hydrogen-bond acceptors (Lipinski definition) is 3. The second-order valence-corrected chi connectivity index (χ2v) is 4.77. The molecule has 0 aliphatic heterocycles. The molecule has 0 aliphatic carbocycles. The van der Waals surface area contributed by atoms with Crippen molar-refractivity contribution in [1.82, 2.24) is 0 Å². The number of nitrogens with one attached hydrogen (secondary N) is 1. The molecule has 2 rings (SSSR count). The van der Waals surface area contributed by atoms with Crippen LogP contribution in [0.1, 0.15) is 21.5 Å². The van der Waals surface area contributed by atoms with Crippen LogP contribution in [0.15, 0.2) is 36.4 Å². The van der Waals surface area contributed by atoms with Gasteiger partial charge in [-0.15, -0.1) is 0 Å². The topological polar surface area (TPSA) is 47.6 Å². The molecule has 1 amide bonds. The van der Waals surface area contributed by atoms with Gasteiger partial charge < -0.3 is 14.8 Å². The van der Waals surface area contributed by atoms with Gasteiger partial charge in [-0.25, -0.2) is 0 Å². The van der Waals surface area contributed by atoms with Crippen molar-refractivity contribution in [2.45, 2.75) is 13.8 Å². The fourth-order valence-corrected chi connectivity index (χ4v) is 2.10. The Morgan fingerprint density at radius 3 is 2.48 bits per heavy atom. The van der Waals surface area contributed by atoms with Gasteiger partial charge in [0.1, 0.15) is 11.5 Å². The first-order chi connectivity index (χ1) is 10.1. The number of hydrogen-bond donors (Lipinski definition) is 1. The summed E-state index contributed by atoms with van der Waals surface area (Å²) in [5.74, 6) is 1.09. The molecule has 0 spiro atoms. The van der Waals surface area contributed by atoms with Crippen molar-refractivity contribution in [2.75, 3.05) is 19.5 Å². The number of aryl methyl sites for hydroxylation is 1. The highest BCUT2D eigenvalue weighted by Gasteiger charge is 2.13. The van der Waals surface area contributed by atoms with Crippen molar-refractivity contribution in [3.63, 3.8) is 0 Å². The smallest absolute Gasteiger partial charge is 0.256 e. The number of methoxy groups -OCH3 is 2. The molecule has 0 atom stereocenters. The minimum absolute atomic E-state index is 0.164. The minimum Gasteiger partial charge on any atom is -0.497 e. The normalized spacial score (nSPS) is 10.1. The van der Waals surface area contributed by atoms with E-state index in [4.69, 9.17) is 9.47 Å². The van der Waals surface area contributed by atoms with Gasteiger partial charge in [0.15, 0.2) is 0 Å². The lowest BCUT2D eigenvalue weighted by molar-refractivity contribution is 0.102. The zero-order valence-corrected chi connectivity index (χ0v) is 12.7. The van der Waals surface area contributed by atoms with E-state index >= 15 is 0 Å². The van der Waals surface area contributed by atoms with Crippen LogP contribution in [-0.2, 0) is 0 Å². The van der Waals surface area contributed by atoms with Crippen LogP contribution < -0.4 is 14.8 Å². The molecule has 0 saturated heterocycles. The third-order valence-electron chi connectivity index (χ3n) is 3.50. The highest BCUT2D eigenvalue weighted by molar-refractivity contribution is 6.06. The largest absolute Gasteiger partial charge is 0.497 e. The zero-order chi connectivity index (χ0) is 15.4. The van der Waals surface area contributed by atoms with E-state index < -0.39 is 0 Å². The van der Waals surface area contributed by atoms with Crippen molar-refractivity contribution in [3.05, 3.63) is 53.1 Å². The van der Waals surface area contributed by atoms with Crippen LogP contribution >= 0.6 is 0 Å². The van der Waals surface area contributed by atoms with Crippen molar-refractivity contribution in [1.29, 1.82) is 0 Å². The summed E-state index contributed by atoms with van der Waals surface area (Å²) < 4.78 is 10.4. The van der Waals surface area contributed by atoms with Crippen LogP contribution in [0.2, 0.25) is 0 Å². The Labute approximate surface area is 124 Å². The summed E-state index contributed by atoms with van der Waals surface area (Å²) in [6, 6.07) is 11.0. The molecule has 4 heteroatoms. The first-order valence-corrected chi connectivity index (χ1v) is 6.66. The van der Waals surface area contributed by atoms with Crippen LogP contribution in [0.5, 0.6) is 11.5 Å². The molecule has 0 aromatic heterocycles. The summed E-state index contributed by atoms with van der Waals surface area (Å²) in [4.78, 5) is 12.4. The SMILES string of the molecule is COc1ccc(OC)c(NC(=O)c2cccc(C)c2C)c1. The molecule has 1 N–H and O–H groups in total. The molecule has 110 valence electrons. The van der Waals surface area contributed by atoms with Crippen LogP contribution in [0.25, 0.3) is 0 Å². The lowest BCUT2D eigenvalue weighted by Gasteiger charge is -2.13. The molecule has 21 heavy (non-hydrogen) atoms. The molecule has 0 heterocycles. The number of anilines is 1. The van der Waals surface area contributed by atoms with Crippen molar-refractivity contribution < 1.29 is 14.3 Å². The second-order valence-electron chi connectivity index (χ2n) is 4.77. The molecule has 0 saturated carbocycles. The van der Waals surface area contributed by atoms with Gasteiger partial charge in [0.05, 0.1) is 19.9 Å². The van der Waals surface area contributed by atoms with Crippen molar-refractivity contribution in [3.8, 4) is 11.5 Å². The fourth-order valence-electron chi connectivity index (χ4n) is 2.10. The molecule has 0 unspecified atom stereocenters. The number of carbonyl (C=O) groups is 1. The Hall–Kier alpha value is -2.49. The van der Waals surface area contributed by atoms with E-state index in [-0.39, 0.29) is 5.91 Å². The van der Waals surface area contributed by atoms with Crippen LogP contribution in [0.4, 0.5) is 5.69 Å². The van der Waals surface area contributed by atoms with E-state index in [0.717, 1.165) is 11.1 Å². The average molecular weight is 285 g/mol. The second kappa shape index (κ2) is 6.31. The van der Waals surface area contributed by atoms with Gasteiger partial charge in [-0.3, -0.25) is 4.79 Å². The highest BCUT2D eigenvalue weighted by Crippen LogP contribution is 2.29. The predicted molar refractivity (Wildman–Crippen MR) is 83.4 cm³/mol. The third kappa shape index (κ3) is 3.16. The van der Waals surface area contributed by atoms with E-state index in [1.165, 1.54) is 0 Å². The van der Waals surface area contributed by atoms with Gasteiger partial charge in [-0.05, 0) is 43.2 Å². The maximum atomic E-state index is 12.4. The maximum absolute atomic E-state index is 12.4. The zero-order valence-electron chi connectivity index (χ0n) is 12.7. The Morgan fingerprint density at radius 1 is 1.05 bits per heavy atom. The summed E-state index contributed by atoms with van der Waals surface area (Å²) >= 11 is 0. The summed E-state index contributed by atoms with van der Waals surface area (Å²) in [7, 11) is 3.15. The van der Waals surface area contributed by atoms with E-state index in [9.17, 15) is 4.79 Å². The van der Waals surface area contributed by atoms with E-state index in [1.807, 2.05) is 32.0 Å². The molecular weight excluding hydrogens is 266 g/mol. The van der Waals surface area contributed by atoms with Crippen molar-refractivity contribution in [2.24, 2.45) is 0 Å². The summed E-state index contributed by atoms with van der Waals surface area (Å²) in [5, 5.41) is 2.88. The first-order valence-electron chi connectivity index (χ1n) is 6.66. The molecule has 4 nitrogen and oxygen atoms in total. The highest BCUT2D eigenvalue weighted by atomic mass is 16.5. The summed E-state index contributed by atoms with van der Waals surface area (Å²) in [5.41, 5.74) is 3.29. The standard InChI is InChI=1S/C17H19NO3/c1-11-6-5-7-14(12(11)2)17(19)18-15-10-13(20-3)8-9-16(15)21-4/h5-10H,1-4H3,(H,18,19). The van der Waals surface area contributed by atoms with Crippen LogP contribution in [-0.4, -0.2) is 20.1 Å². The fraction of sp³-hybridized carbons (Fsp3) is 0.235. The lowest BCUT2D eigenvalue weighted by atomic mass is 10.0. The van der Waals surface area contributed by atoms with Gasteiger partial charge >= 0.3 is 0 Å². The lowest BCUT2D eigenvalue weighted by Crippen LogP contribution is -2.14. The van der Waals surface area contributed by atoms with Gasteiger partial charge in [-0.1, -0.05) is 12.1 Å². The number of carbonyl (C=O) groups excluding carboxylic acids is 1. The molecule has 0 aliphatic rings. The summed E-state index contributed by atoms with van der Waals surface area (Å²) in [6.07, 6.45) is 0. The number of rotatable bonds is 4. The molecular formula is C17H19NO3. The molecule has 2 aromatic rings. The van der Waals surface area contributed by atoms with Crippen LogP contribution in [0, 0.1) is 13.8 Å². The monoisotopic (exact) mass is 285 g/mol. The molecule has 0 bridgehead atoms. The predicted octanol–water partition coefficient (Wildman–Crippen LogP) is 3.57. The Kier molecular flexibility index (Phi) is 4.48. The number of amides is 1. The van der Waals surface area contributed by atoms with E-state index in [0.29, 0.717) is 22.7 Å². The number of ether oxygens (including phenoxy) is 2. The summed E-state index contributed by atoms with van der Waals surface area (Å²) in [6.45, 7) is 3.92. The van der Waals surface area contributed by atoms with Gasteiger partial charge in [0, 0.05) is 11.6 Å². The van der Waals surface area contributed by atoms with E-state index in [1.54, 1.807) is 32.4 Å². The van der Waals surface area contributed by atoms with E-state index in [2.05, 4.69) is 5.32 Å². The maximum Gasteiger partial charge on any atom is 0.256 e. The average Bonchev–Trinajstić information content (AvgIpc) is 2.49. The third-order valence-corrected chi connectivity index (χ3v) is 3.50. The molecule has 0 radical (unpaired) electrons.